The highest BCUT2D eigenvalue weighted by Crippen LogP contribution is 2.33. The van der Waals surface area contributed by atoms with Gasteiger partial charge in [-0.2, -0.15) is 0 Å². The van der Waals surface area contributed by atoms with Gasteiger partial charge in [0, 0.05) is 46.4 Å². The number of cyclic esters (lactones) is 1. The number of likely N-dealkylation sites (N-methyl/N-ethyl adjacent to an activating group) is 1. The first-order valence-corrected chi connectivity index (χ1v) is 10.1. The topological polar surface area (TPSA) is 94.7 Å². The second-order valence-corrected chi connectivity index (χ2v) is 7.92. The van der Waals surface area contributed by atoms with Gasteiger partial charge in [0.2, 0.25) is 0 Å². The summed E-state index contributed by atoms with van der Waals surface area (Å²) in [5.74, 6) is -1.63. The number of methoxy groups -OCH3 is 1. The van der Waals surface area contributed by atoms with Crippen LogP contribution in [-0.2, 0) is 9.47 Å². The fourth-order valence-electron chi connectivity index (χ4n) is 3.85. The molecular weight excluding hydrogens is 428 g/mol. The van der Waals surface area contributed by atoms with Gasteiger partial charge in [0.1, 0.15) is 11.8 Å². The van der Waals surface area contributed by atoms with Crippen molar-refractivity contribution in [1.29, 1.82) is 0 Å². The van der Waals surface area contributed by atoms with E-state index >= 15 is 0 Å². The number of nitrogens with one attached hydrogen (secondary N) is 1. The summed E-state index contributed by atoms with van der Waals surface area (Å²) in [5.41, 5.74) is -0.177. The van der Waals surface area contributed by atoms with E-state index in [0.29, 0.717) is 13.0 Å². The van der Waals surface area contributed by atoms with E-state index < -0.39 is 29.9 Å². The largest absolute Gasteiger partial charge is 0.453 e. The molecule has 12 heteroatoms. The van der Waals surface area contributed by atoms with Gasteiger partial charge in [-0.15, -0.1) is 0 Å². The van der Waals surface area contributed by atoms with Crippen molar-refractivity contribution < 1.29 is 32.6 Å². The normalized spacial score (nSPS) is 20.2. The zero-order chi connectivity index (χ0) is 23.6. The number of ether oxygens (including phenoxy) is 2. The van der Waals surface area contributed by atoms with E-state index in [1.165, 1.54) is 12.0 Å². The van der Waals surface area contributed by atoms with Crippen LogP contribution in [0.25, 0.3) is 0 Å². The molecule has 0 aromatic heterocycles. The van der Waals surface area contributed by atoms with Crippen molar-refractivity contribution in [3.63, 3.8) is 0 Å². The van der Waals surface area contributed by atoms with Crippen LogP contribution < -0.4 is 15.1 Å². The first-order valence-electron chi connectivity index (χ1n) is 10.1. The summed E-state index contributed by atoms with van der Waals surface area (Å²) in [6.45, 7) is 0.697. The Morgan fingerprint density at radius 2 is 1.88 bits per heavy atom. The van der Waals surface area contributed by atoms with Crippen LogP contribution in [0.1, 0.15) is 6.42 Å². The Morgan fingerprint density at radius 3 is 2.47 bits per heavy atom. The Hall–Kier alpha value is -3.31. The molecule has 176 valence electrons. The fourth-order valence-corrected chi connectivity index (χ4v) is 3.85. The minimum absolute atomic E-state index is 0.00626. The lowest BCUT2D eigenvalue weighted by molar-refractivity contribution is 0.132. The molecule has 1 unspecified atom stereocenters. The summed E-state index contributed by atoms with van der Waals surface area (Å²) < 4.78 is 39.5. The minimum Gasteiger partial charge on any atom is -0.453 e. The van der Waals surface area contributed by atoms with Gasteiger partial charge >= 0.3 is 18.2 Å². The molecule has 0 spiro atoms. The standard InChI is InChI=1S/C20H27F2N5O5/c1-24(2)19(29)25(3)12-5-6-26(10-12)17-15(21)7-13(8-16(17)22)27-11-14(32-20(27)30)9-23-18(28)31-4/h7-8,12,14H,5-6,9-11H2,1-4H3,(H,23,28)/t12?,14-/m0/s1. The van der Waals surface area contributed by atoms with E-state index in [0.717, 1.165) is 17.0 Å². The fraction of sp³-hybridized carbons (Fsp3) is 0.550. The summed E-state index contributed by atoms with van der Waals surface area (Å²) in [5, 5.41) is 2.41. The van der Waals surface area contributed by atoms with Crippen LogP contribution in [0.4, 0.5) is 34.5 Å². The molecule has 1 N–H and O–H groups in total. The number of rotatable bonds is 5. The minimum atomic E-state index is -0.814. The highest BCUT2D eigenvalue weighted by Gasteiger charge is 2.35. The van der Waals surface area contributed by atoms with E-state index in [9.17, 15) is 23.2 Å². The smallest absolute Gasteiger partial charge is 0.414 e. The third-order valence-electron chi connectivity index (χ3n) is 5.56. The Kier molecular flexibility index (Phi) is 6.90. The Labute approximate surface area is 184 Å². The number of nitrogens with zero attached hydrogens (tertiary/aromatic N) is 4. The maximum absolute atomic E-state index is 14.9. The Balaban J connectivity index is 1.70. The summed E-state index contributed by atoms with van der Waals surface area (Å²) in [7, 11) is 6.15. The number of carbonyl (C=O) groups excluding carboxylic acids is 3. The molecule has 0 radical (unpaired) electrons. The van der Waals surface area contributed by atoms with Crippen LogP contribution in [0.3, 0.4) is 0 Å². The molecule has 2 saturated heterocycles. The molecule has 2 aliphatic heterocycles. The monoisotopic (exact) mass is 455 g/mol. The summed E-state index contributed by atoms with van der Waals surface area (Å²) in [6, 6.07) is 1.80. The number of amides is 4. The first kappa shape index (κ1) is 23.4. The third-order valence-corrected chi connectivity index (χ3v) is 5.56. The van der Waals surface area contributed by atoms with Crippen LogP contribution in [0, 0.1) is 11.6 Å². The number of halogens is 2. The molecule has 2 fully saturated rings. The molecule has 0 bridgehead atoms. The number of alkyl carbamates (subject to hydrolysis) is 1. The molecule has 32 heavy (non-hydrogen) atoms. The van der Waals surface area contributed by atoms with E-state index in [1.807, 2.05) is 0 Å². The first-order chi connectivity index (χ1) is 15.1. The predicted octanol–water partition coefficient (Wildman–Crippen LogP) is 1.84. The van der Waals surface area contributed by atoms with Gasteiger partial charge in [-0.05, 0) is 6.42 Å². The number of hydrogen-bond donors (Lipinski definition) is 1. The number of benzene rings is 1. The second-order valence-electron chi connectivity index (χ2n) is 7.92. The van der Waals surface area contributed by atoms with E-state index in [4.69, 9.17) is 4.74 Å². The number of carbonyl (C=O) groups is 3. The highest BCUT2D eigenvalue weighted by atomic mass is 19.1. The lowest BCUT2D eigenvalue weighted by Gasteiger charge is -2.28. The Morgan fingerprint density at radius 1 is 1.22 bits per heavy atom. The second kappa shape index (κ2) is 9.45. The molecule has 0 saturated carbocycles. The molecule has 4 amide bonds. The van der Waals surface area contributed by atoms with Gasteiger partial charge in [0.15, 0.2) is 11.6 Å². The summed E-state index contributed by atoms with van der Waals surface area (Å²) in [4.78, 5) is 41.2. The van der Waals surface area contributed by atoms with Gasteiger partial charge in [-0.1, -0.05) is 0 Å². The van der Waals surface area contributed by atoms with Crippen molar-refractivity contribution in [2.45, 2.75) is 18.6 Å². The van der Waals surface area contributed by atoms with E-state index in [2.05, 4.69) is 10.1 Å². The average molecular weight is 455 g/mol. The maximum Gasteiger partial charge on any atom is 0.414 e. The molecule has 1 aromatic rings. The molecule has 2 heterocycles. The van der Waals surface area contributed by atoms with Crippen molar-refractivity contribution in [3.05, 3.63) is 23.8 Å². The molecule has 2 aliphatic rings. The quantitative estimate of drug-likeness (QED) is 0.728. The molecule has 3 rings (SSSR count). The van der Waals surface area contributed by atoms with Gasteiger partial charge in [0.25, 0.3) is 0 Å². The number of hydrogen-bond acceptors (Lipinski definition) is 6. The third kappa shape index (κ3) is 4.78. The van der Waals surface area contributed by atoms with E-state index in [1.54, 1.807) is 30.9 Å². The lowest BCUT2D eigenvalue weighted by Crippen LogP contribution is -2.44. The van der Waals surface area contributed by atoms with Crippen LogP contribution in [0.2, 0.25) is 0 Å². The highest BCUT2D eigenvalue weighted by molar-refractivity contribution is 5.90. The number of urea groups is 1. The maximum atomic E-state index is 14.9. The van der Waals surface area contributed by atoms with Gasteiger partial charge in [-0.25, -0.2) is 23.2 Å². The van der Waals surface area contributed by atoms with Crippen LogP contribution in [-0.4, -0.2) is 94.6 Å². The average Bonchev–Trinajstić information content (AvgIpc) is 3.37. The SMILES string of the molecule is COC(=O)NC[C@H]1CN(c2cc(F)c(N3CCC(N(C)C(=O)N(C)C)C3)c(F)c2)C(=O)O1. The van der Waals surface area contributed by atoms with Crippen molar-refractivity contribution in [2.24, 2.45) is 0 Å². The Bertz CT molecular complexity index is 876. The molecule has 1 aromatic carbocycles. The predicted molar refractivity (Wildman–Crippen MR) is 112 cm³/mol. The van der Waals surface area contributed by atoms with Crippen molar-refractivity contribution in [1.82, 2.24) is 15.1 Å². The molecule has 2 atom stereocenters. The van der Waals surface area contributed by atoms with Crippen LogP contribution >= 0.6 is 0 Å². The van der Waals surface area contributed by atoms with E-state index in [-0.39, 0.29) is 43.1 Å². The van der Waals surface area contributed by atoms with Gasteiger partial charge in [-0.3, -0.25) is 4.90 Å². The number of anilines is 2. The van der Waals surface area contributed by atoms with Crippen molar-refractivity contribution in [2.75, 3.05) is 64.2 Å². The van der Waals surface area contributed by atoms with Gasteiger partial charge in [0.05, 0.1) is 31.9 Å². The zero-order valence-corrected chi connectivity index (χ0v) is 18.4. The molecule has 10 nitrogen and oxygen atoms in total. The van der Waals surface area contributed by atoms with Gasteiger partial charge < -0.3 is 29.5 Å². The van der Waals surface area contributed by atoms with Crippen molar-refractivity contribution in [3.8, 4) is 0 Å². The summed E-state index contributed by atoms with van der Waals surface area (Å²) >= 11 is 0. The zero-order valence-electron chi connectivity index (χ0n) is 18.4. The van der Waals surface area contributed by atoms with Crippen LogP contribution in [0.15, 0.2) is 12.1 Å². The van der Waals surface area contributed by atoms with Crippen LogP contribution in [0.5, 0.6) is 0 Å². The summed E-state index contributed by atoms with van der Waals surface area (Å²) in [6.07, 6.45) is -1.55. The molecule has 0 aliphatic carbocycles. The lowest BCUT2D eigenvalue weighted by atomic mass is 10.2. The van der Waals surface area contributed by atoms with Crippen molar-refractivity contribution >= 4 is 29.6 Å². The molecular formula is C20H27F2N5O5.